The number of hydrogen-bond acceptors (Lipinski definition) is 2. The largest absolute Gasteiger partial charge is 0.497 e. The molecule has 0 aliphatic rings. The van der Waals surface area contributed by atoms with E-state index in [-0.39, 0.29) is 0 Å². The van der Waals surface area contributed by atoms with E-state index in [0.29, 0.717) is 5.02 Å². The highest BCUT2D eigenvalue weighted by Crippen LogP contribution is 2.30. The lowest BCUT2D eigenvalue weighted by molar-refractivity contribution is 0.415. The molecule has 82 valence electrons. The molecular weight excluding hydrogens is 222 g/mol. The van der Waals surface area contributed by atoms with Crippen LogP contribution in [-0.2, 0) is 0 Å². The van der Waals surface area contributed by atoms with Gasteiger partial charge < -0.3 is 4.74 Å². The van der Waals surface area contributed by atoms with Crippen LogP contribution in [0.15, 0.2) is 36.4 Å². The summed E-state index contributed by atoms with van der Waals surface area (Å²) in [6, 6.07) is 11.4. The first kappa shape index (κ1) is 11.0. The van der Waals surface area contributed by atoms with Crippen LogP contribution >= 0.6 is 11.6 Å². The Balaban J connectivity index is 2.54. The highest BCUT2D eigenvalue weighted by molar-refractivity contribution is 6.33. The van der Waals surface area contributed by atoms with Crippen molar-refractivity contribution in [1.29, 1.82) is 0 Å². The number of pyridine rings is 1. The van der Waals surface area contributed by atoms with E-state index in [1.165, 1.54) is 0 Å². The van der Waals surface area contributed by atoms with E-state index in [1.54, 1.807) is 7.11 Å². The molecule has 1 heterocycles. The van der Waals surface area contributed by atoms with Crippen molar-refractivity contribution >= 4 is 11.6 Å². The highest BCUT2D eigenvalue weighted by Gasteiger charge is 2.06. The number of aryl methyl sites for hydroxylation is 1. The molecule has 2 rings (SSSR count). The number of methoxy groups -OCH3 is 1. The summed E-state index contributed by atoms with van der Waals surface area (Å²) in [6.45, 7) is 1.96. The predicted octanol–water partition coefficient (Wildman–Crippen LogP) is 3.72. The second-order valence-corrected chi connectivity index (χ2v) is 3.92. The second-order valence-electron chi connectivity index (χ2n) is 3.51. The summed E-state index contributed by atoms with van der Waals surface area (Å²) >= 11 is 6.14. The van der Waals surface area contributed by atoms with Crippen LogP contribution in [0.2, 0.25) is 5.02 Å². The fourth-order valence-corrected chi connectivity index (χ4v) is 1.74. The monoisotopic (exact) mass is 233 g/mol. The average Bonchev–Trinajstić information content (AvgIpc) is 2.30. The van der Waals surface area contributed by atoms with Crippen molar-refractivity contribution in [2.75, 3.05) is 7.11 Å². The summed E-state index contributed by atoms with van der Waals surface area (Å²) in [5, 5.41) is 0.680. The molecule has 3 heteroatoms. The molecular formula is C13H12ClNO. The smallest absolute Gasteiger partial charge is 0.119 e. The molecule has 0 saturated heterocycles. The van der Waals surface area contributed by atoms with E-state index in [9.17, 15) is 0 Å². The molecule has 0 aliphatic carbocycles. The summed E-state index contributed by atoms with van der Waals surface area (Å²) in [6.07, 6.45) is 0. The van der Waals surface area contributed by atoms with Gasteiger partial charge in [0.25, 0.3) is 0 Å². The number of rotatable bonds is 2. The zero-order valence-corrected chi connectivity index (χ0v) is 9.95. The molecule has 1 aromatic carbocycles. The molecule has 0 bridgehead atoms. The van der Waals surface area contributed by atoms with Gasteiger partial charge in [0.2, 0.25) is 0 Å². The Bertz CT molecular complexity index is 511. The van der Waals surface area contributed by atoms with Crippen LogP contribution in [-0.4, -0.2) is 12.1 Å². The minimum Gasteiger partial charge on any atom is -0.497 e. The molecule has 0 N–H and O–H groups in total. The number of nitrogens with zero attached hydrogens (tertiary/aromatic N) is 1. The van der Waals surface area contributed by atoms with Crippen LogP contribution in [0.4, 0.5) is 0 Å². The molecule has 0 spiro atoms. The van der Waals surface area contributed by atoms with Crippen molar-refractivity contribution in [2.45, 2.75) is 6.92 Å². The third kappa shape index (κ3) is 2.17. The van der Waals surface area contributed by atoms with Crippen molar-refractivity contribution in [2.24, 2.45) is 0 Å². The first-order chi connectivity index (χ1) is 7.70. The number of ether oxygens (including phenoxy) is 1. The number of aromatic nitrogens is 1. The van der Waals surface area contributed by atoms with Gasteiger partial charge in [-0.25, -0.2) is 0 Å². The minimum atomic E-state index is 0.680. The Labute approximate surface area is 99.9 Å². The van der Waals surface area contributed by atoms with E-state index < -0.39 is 0 Å². The molecule has 0 atom stereocenters. The van der Waals surface area contributed by atoms with Gasteiger partial charge in [-0.1, -0.05) is 17.7 Å². The van der Waals surface area contributed by atoms with E-state index in [4.69, 9.17) is 16.3 Å². The van der Waals surface area contributed by atoms with Gasteiger partial charge in [-0.15, -0.1) is 0 Å². The molecule has 0 aliphatic heterocycles. The Morgan fingerprint density at radius 2 is 2.00 bits per heavy atom. The summed E-state index contributed by atoms with van der Waals surface area (Å²) < 4.78 is 5.18. The molecule has 0 unspecified atom stereocenters. The fourth-order valence-electron chi connectivity index (χ4n) is 1.52. The maximum absolute atomic E-state index is 6.14. The van der Waals surface area contributed by atoms with Crippen LogP contribution in [0.5, 0.6) is 5.75 Å². The first-order valence-electron chi connectivity index (χ1n) is 4.98. The van der Waals surface area contributed by atoms with Crippen LogP contribution < -0.4 is 4.74 Å². The van der Waals surface area contributed by atoms with Crippen molar-refractivity contribution in [3.63, 3.8) is 0 Å². The normalized spacial score (nSPS) is 10.2. The van der Waals surface area contributed by atoms with Gasteiger partial charge in [0.05, 0.1) is 17.8 Å². The van der Waals surface area contributed by atoms with Crippen LogP contribution in [0.25, 0.3) is 11.3 Å². The number of hydrogen-bond donors (Lipinski definition) is 0. The first-order valence-corrected chi connectivity index (χ1v) is 5.36. The Morgan fingerprint density at radius 1 is 1.19 bits per heavy atom. The zero-order valence-electron chi connectivity index (χ0n) is 9.20. The molecule has 0 fully saturated rings. The average molecular weight is 234 g/mol. The summed E-state index contributed by atoms with van der Waals surface area (Å²) in [4.78, 5) is 4.44. The molecule has 2 nitrogen and oxygen atoms in total. The molecule has 16 heavy (non-hydrogen) atoms. The Kier molecular flexibility index (Phi) is 3.11. The maximum atomic E-state index is 6.14. The lowest BCUT2D eigenvalue weighted by Crippen LogP contribution is -1.89. The van der Waals surface area contributed by atoms with Gasteiger partial charge in [-0.05, 0) is 37.3 Å². The Hall–Kier alpha value is -1.54. The Morgan fingerprint density at radius 3 is 2.69 bits per heavy atom. The maximum Gasteiger partial charge on any atom is 0.119 e. The quantitative estimate of drug-likeness (QED) is 0.789. The van der Waals surface area contributed by atoms with Crippen molar-refractivity contribution in [3.8, 4) is 17.0 Å². The molecule has 0 saturated carbocycles. The molecule has 1 aromatic heterocycles. The van der Waals surface area contributed by atoms with E-state index in [0.717, 1.165) is 22.7 Å². The van der Waals surface area contributed by atoms with Gasteiger partial charge in [0.15, 0.2) is 0 Å². The second kappa shape index (κ2) is 4.54. The molecule has 2 aromatic rings. The lowest BCUT2D eigenvalue weighted by atomic mass is 10.1. The van der Waals surface area contributed by atoms with Crippen molar-refractivity contribution in [1.82, 2.24) is 4.98 Å². The molecule has 0 amide bonds. The summed E-state index contributed by atoms with van der Waals surface area (Å²) in [5.41, 5.74) is 2.73. The molecule has 0 radical (unpaired) electrons. The third-order valence-electron chi connectivity index (χ3n) is 2.34. The van der Waals surface area contributed by atoms with Gasteiger partial charge in [0, 0.05) is 11.3 Å². The SMILES string of the molecule is COc1ccc(Cl)c(-c2cccc(C)n2)c1. The van der Waals surface area contributed by atoms with E-state index in [2.05, 4.69) is 4.98 Å². The van der Waals surface area contributed by atoms with E-state index in [1.807, 2.05) is 43.3 Å². The van der Waals surface area contributed by atoms with Gasteiger partial charge in [-0.2, -0.15) is 0 Å². The third-order valence-corrected chi connectivity index (χ3v) is 2.67. The van der Waals surface area contributed by atoms with Crippen LogP contribution in [0.3, 0.4) is 0 Å². The fraction of sp³-hybridized carbons (Fsp3) is 0.154. The lowest BCUT2D eigenvalue weighted by Gasteiger charge is -2.07. The van der Waals surface area contributed by atoms with Crippen LogP contribution in [0.1, 0.15) is 5.69 Å². The predicted molar refractivity (Wildman–Crippen MR) is 66.0 cm³/mol. The van der Waals surface area contributed by atoms with Crippen molar-refractivity contribution < 1.29 is 4.74 Å². The van der Waals surface area contributed by atoms with Gasteiger partial charge in [0.1, 0.15) is 5.75 Å². The van der Waals surface area contributed by atoms with Gasteiger partial charge in [-0.3, -0.25) is 4.98 Å². The number of benzene rings is 1. The van der Waals surface area contributed by atoms with Gasteiger partial charge >= 0.3 is 0 Å². The zero-order chi connectivity index (χ0) is 11.5. The van der Waals surface area contributed by atoms with E-state index >= 15 is 0 Å². The van der Waals surface area contributed by atoms with Crippen LogP contribution in [0, 0.1) is 6.92 Å². The highest BCUT2D eigenvalue weighted by atomic mass is 35.5. The summed E-state index contributed by atoms with van der Waals surface area (Å²) in [7, 11) is 1.64. The standard InChI is InChI=1S/C13H12ClNO/c1-9-4-3-5-13(15-9)11-8-10(16-2)6-7-12(11)14/h3-8H,1-2H3. The topological polar surface area (TPSA) is 22.1 Å². The van der Waals surface area contributed by atoms with Crippen molar-refractivity contribution in [3.05, 3.63) is 47.1 Å². The minimum absolute atomic E-state index is 0.680. The number of halogens is 1. The summed E-state index contributed by atoms with van der Waals surface area (Å²) in [5.74, 6) is 0.780.